The molecule has 0 atom stereocenters. The summed E-state index contributed by atoms with van der Waals surface area (Å²) < 4.78 is 1.26. The zero-order chi connectivity index (χ0) is 23.2. The standard InChI is InChI=1S/C15H9N4.C13H8NS.Ir/c16-10-11-4-6-12(7-5-11)14-9-15(19-18-14)13-3-1-2-8-17-13;1-2-7-12-10(5-1)9-13(15-12)11-6-3-4-8-14-11;/h1-9H;1-8H;/q2*-1;. The fourth-order valence-electron chi connectivity index (χ4n) is 3.32. The van der Waals surface area contributed by atoms with E-state index in [4.69, 9.17) is 5.26 Å². The number of hydrogen-bond donors (Lipinski definition) is 0. The van der Waals surface area contributed by atoms with Crippen LogP contribution in [-0.2, 0) is 20.1 Å². The number of thiophene rings is 1. The summed E-state index contributed by atoms with van der Waals surface area (Å²) in [6.07, 6.45) is 3.54. The largest absolute Gasteiger partial charge is 0.573 e. The van der Waals surface area contributed by atoms with Crippen molar-refractivity contribution in [2.75, 3.05) is 0 Å². The molecule has 0 unspecified atom stereocenters. The first-order chi connectivity index (χ1) is 16.8. The Bertz CT molecular complexity index is 1520. The monoisotopic (exact) mass is 648 g/mol. The summed E-state index contributed by atoms with van der Waals surface area (Å²) in [6, 6.07) is 34.5. The van der Waals surface area contributed by atoms with Crippen LogP contribution in [0.5, 0.6) is 0 Å². The molecule has 4 heterocycles. The topological polar surface area (TPSA) is 76.6 Å². The summed E-state index contributed by atoms with van der Waals surface area (Å²) in [5, 5.41) is 18.2. The van der Waals surface area contributed by atoms with E-state index in [9.17, 15) is 0 Å². The van der Waals surface area contributed by atoms with Gasteiger partial charge in [0.15, 0.2) is 0 Å². The third-order valence-electron chi connectivity index (χ3n) is 5.02. The molecule has 2 aromatic carbocycles. The minimum absolute atomic E-state index is 0. The molecule has 0 fully saturated rings. The molecular formula is C28H17IrN5S-2. The second-order valence-electron chi connectivity index (χ2n) is 7.29. The van der Waals surface area contributed by atoms with Crippen molar-refractivity contribution in [1.82, 2.24) is 20.2 Å². The Hall–Kier alpha value is -3.95. The third-order valence-corrected chi connectivity index (χ3v) is 6.11. The van der Waals surface area contributed by atoms with E-state index < -0.39 is 0 Å². The third kappa shape index (κ3) is 5.76. The number of hydrogen-bond acceptors (Lipinski definition) is 5. The van der Waals surface area contributed by atoms with Crippen LogP contribution in [0.25, 0.3) is 43.3 Å². The van der Waals surface area contributed by atoms with Gasteiger partial charge in [-0.15, -0.1) is 23.6 Å². The van der Waals surface area contributed by atoms with Crippen molar-refractivity contribution in [2.24, 2.45) is 0 Å². The van der Waals surface area contributed by atoms with Gasteiger partial charge in [-0.05, 0) is 51.5 Å². The summed E-state index contributed by atoms with van der Waals surface area (Å²) in [7, 11) is 0. The summed E-state index contributed by atoms with van der Waals surface area (Å²) in [6.45, 7) is 0. The summed E-state index contributed by atoms with van der Waals surface area (Å²) >= 11 is 1.73. The zero-order valence-corrected chi connectivity index (χ0v) is 21.5. The van der Waals surface area contributed by atoms with E-state index in [-0.39, 0.29) is 20.1 Å². The number of fused-ring (bicyclic) bond motifs is 1. The first-order valence-electron chi connectivity index (χ1n) is 10.5. The molecule has 0 saturated carbocycles. The van der Waals surface area contributed by atoms with Crippen LogP contribution < -0.4 is 5.10 Å². The van der Waals surface area contributed by atoms with Gasteiger partial charge in [0, 0.05) is 49.6 Å². The van der Waals surface area contributed by atoms with Crippen molar-refractivity contribution in [3.05, 3.63) is 115 Å². The van der Waals surface area contributed by atoms with Crippen LogP contribution in [0.15, 0.2) is 103 Å². The van der Waals surface area contributed by atoms with Crippen molar-refractivity contribution >= 4 is 21.4 Å². The molecule has 0 N–H and O–H groups in total. The van der Waals surface area contributed by atoms with Gasteiger partial charge in [0.05, 0.1) is 11.6 Å². The Labute approximate surface area is 220 Å². The minimum Gasteiger partial charge on any atom is -0.573 e. The van der Waals surface area contributed by atoms with Crippen LogP contribution >= 0.6 is 11.3 Å². The molecule has 0 bridgehead atoms. The number of nitriles is 1. The maximum Gasteiger partial charge on any atom is 0.0991 e. The maximum atomic E-state index is 8.77. The summed E-state index contributed by atoms with van der Waals surface area (Å²) in [5.41, 5.74) is 4.90. The van der Waals surface area contributed by atoms with Gasteiger partial charge in [0.25, 0.3) is 0 Å². The summed E-state index contributed by atoms with van der Waals surface area (Å²) in [5.74, 6) is 0. The number of nitrogens with zero attached hydrogens (tertiary/aromatic N) is 5. The normalized spacial score (nSPS) is 10.0. The molecule has 7 heteroatoms. The van der Waals surface area contributed by atoms with Crippen molar-refractivity contribution in [1.29, 1.82) is 5.26 Å². The van der Waals surface area contributed by atoms with Gasteiger partial charge in [-0.2, -0.15) is 5.26 Å². The van der Waals surface area contributed by atoms with Crippen LogP contribution in [0.2, 0.25) is 0 Å². The second kappa shape index (κ2) is 11.5. The van der Waals surface area contributed by atoms with Crippen molar-refractivity contribution < 1.29 is 20.1 Å². The molecule has 0 aliphatic rings. The van der Waals surface area contributed by atoms with E-state index in [0.29, 0.717) is 5.56 Å². The van der Waals surface area contributed by atoms with E-state index in [2.05, 4.69) is 50.5 Å². The molecule has 35 heavy (non-hydrogen) atoms. The Morgan fingerprint density at radius 2 is 1.46 bits per heavy atom. The molecule has 171 valence electrons. The minimum atomic E-state index is 0. The van der Waals surface area contributed by atoms with Gasteiger partial charge in [0.2, 0.25) is 0 Å². The Morgan fingerprint density at radius 3 is 2.11 bits per heavy atom. The van der Waals surface area contributed by atoms with Crippen LogP contribution in [0.3, 0.4) is 0 Å². The first kappa shape index (κ1) is 24.2. The molecule has 0 amide bonds. The van der Waals surface area contributed by atoms with Crippen LogP contribution in [0.4, 0.5) is 0 Å². The van der Waals surface area contributed by atoms with Crippen molar-refractivity contribution in [3.63, 3.8) is 0 Å². The molecule has 6 rings (SSSR count). The van der Waals surface area contributed by atoms with Crippen molar-refractivity contribution in [3.8, 4) is 39.3 Å². The average Bonchev–Trinajstić information content (AvgIpc) is 3.58. The SMILES string of the molecule is N#Cc1ccc(-c2cc(-c3ccccn3)[n-]n2)cc1.[Ir].[c-]1c(-c2ccccn2)sc2ccccc12. The van der Waals surface area contributed by atoms with Gasteiger partial charge < -0.3 is 15.2 Å². The predicted octanol–water partition coefficient (Wildman–Crippen LogP) is 6.40. The summed E-state index contributed by atoms with van der Waals surface area (Å²) in [4.78, 5) is 9.67. The van der Waals surface area contributed by atoms with Gasteiger partial charge in [-0.25, -0.2) is 11.3 Å². The van der Waals surface area contributed by atoms with Crippen LogP contribution in [-0.4, -0.2) is 15.1 Å². The smallest absolute Gasteiger partial charge is 0.0991 e. The molecular weight excluding hydrogens is 631 g/mol. The molecule has 0 aliphatic carbocycles. The van der Waals surface area contributed by atoms with Crippen LogP contribution in [0.1, 0.15) is 5.56 Å². The average molecular weight is 648 g/mol. The van der Waals surface area contributed by atoms with Gasteiger partial charge in [-0.1, -0.05) is 48.2 Å². The second-order valence-corrected chi connectivity index (χ2v) is 8.34. The van der Waals surface area contributed by atoms with E-state index in [1.807, 2.05) is 66.9 Å². The fourth-order valence-corrected chi connectivity index (χ4v) is 4.30. The Balaban J connectivity index is 0.000000164. The maximum absolute atomic E-state index is 8.77. The van der Waals surface area contributed by atoms with E-state index >= 15 is 0 Å². The van der Waals surface area contributed by atoms with Gasteiger partial charge in [0.1, 0.15) is 0 Å². The number of pyridine rings is 2. The van der Waals surface area contributed by atoms with Gasteiger partial charge in [-0.3, -0.25) is 4.98 Å². The predicted molar refractivity (Wildman–Crippen MR) is 135 cm³/mol. The molecule has 0 spiro atoms. The molecule has 6 aromatic rings. The van der Waals surface area contributed by atoms with Gasteiger partial charge >= 0.3 is 0 Å². The number of aromatic nitrogens is 4. The Kier molecular flexibility index (Phi) is 7.91. The molecule has 0 aliphatic heterocycles. The quantitative estimate of drug-likeness (QED) is 0.208. The fraction of sp³-hybridized carbons (Fsp3) is 0. The molecule has 4 aromatic heterocycles. The van der Waals surface area contributed by atoms with Crippen LogP contribution in [0, 0.1) is 17.4 Å². The van der Waals surface area contributed by atoms with E-state index in [0.717, 1.165) is 33.2 Å². The number of rotatable bonds is 3. The molecule has 1 radical (unpaired) electrons. The molecule has 0 saturated heterocycles. The first-order valence-corrected chi connectivity index (χ1v) is 11.4. The van der Waals surface area contributed by atoms with E-state index in [1.165, 1.54) is 10.1 Å². The van der Waals surface area contributed by atoms with E-state index in [1.54, 1.807) is 29.7 Å². The Morgan fingerprint density at radius 1 is 0.771 bits per heavy atom. The number of benzene rings is 2. The van der Waals surface area contributed by atoms with Crippen molar-refractivity contribution in [2.45, 2.75) is 0 Å². The zero-order valence-electron chi connectivity index (χ0n) is 18.3. The molecule has 5 nitrogen and oxygen atoms in total.